The molecule has 0 aliphatic carbocycles. The lowest BCUT2D eigenvalue weighted by molar-refractivity contribution is -0.121. The monoisotopic (exact) mass is 415 g/mol. The van der Waals surface area contributed by atoms with Crippen molar-refractivity contribution in [3.63, 3.8) is 0 Å². The van der Waals surface area contributed by atoms with Crippen molar-refractivity contribution in [1.29, 1.82) is 0 Å². The van der Waals surface area contributed by atoms with Gasteiger partial charge in [-0.2, -0.15) is 0 Å². The van der Waals surface area contributed by atoms with Gasteiger partial charge in [-0.15, -0.1) is 0 Å². The van der Waals surface area contributed by atoms with E-state index in [0.29, 0.717) is 32.4 Å². The van der Waals surface area contributed by atoms with Gasteiger partial charge in [0.2, 0.25) is 15.9 Å². The fourth-order valence-electron chi connectivity index (χ4n) is 2.03. The second-order valence-corrected chi connectivity index (χ2v) is 8.38. The predicted octanol–water partition coefficient (Wildman–Crippen LogP) is 2.32. The maximum atomic E-state index is 11.7. The normalized spacial score (nSPS) is 11.1. The Morgan fingerprint density at radius 3 is 2.11 bits per heavy atom. The van der Waals surface area contributed by atoms with E-state index in [1.54, 1.807) is 32.9 Å². The molecule has 9 heteroatoms. The van der Waals surface area contributed by atoms with Crippen molar-refractivity contribution < 1.29 is 22.7 Å². The highest BCUT2D eigenvalue weighted by Gasteiger charge is 2.15. The van der Waals surface area contributed by atoms with Gasteiger partial charge in [0, 0.05) is 19.5 Å². The highest BCUT2D eigenvalue weighted by atomic mass is 32.2. The molecule has 4 N–H and O–H groups in total. The number of carbonyl (C=O) groups is 2. The van der Waals surface area contributed by atoms with E-state index in [2.05, 4.69) is 10.6 Å². The summed E-state index contributed by atoms with van der Waals surface area (Å²) in [7, 11) is -3.69. The van der Waals surface area contributed by atoms with Crippen LogP contribution in [-0.4, -0.2) is 39.1 Å². The zero-order chi connectivity index (χ0) is 21.8. The van der Waals surface area contributed by atoms with Crippen molar-refractivity contribution in [3.05, 3.63) is 29.8 Å². The lowest BCUT2D eigenvalue weighted by Crippen LogP contribution is -2.33. The van der Waals surface area contributed by atoms with Crippen molar-refractivity contribution in [2.24, 2.45) is 5.14 Å². The average molecular weight is 416 g/mol. The Bertz CT molecular complexity index is 710. The predicted molar refractivity (Wildman–Crippen MR) is 109 cm³/mol. The molecule has 0 radical (unpaired) electrons. The van der Waals surface area contributed by atoms with Gasteiger partial charge >= 0.3 is 6.09 Å². The van der Waals surface area contributed by atoms with Crippen LogP contribution in [0.4, 0.5) is 4.79 Å². The number of nitrogens with two attached hydrogens (primary N) is 1. The number of benzene rings is 1. The number of carbonyl (C=O) groups excluding carboxylic acids is 2. The zero-order valence-electron chi connectivity index (χ0n) is 17.4. The number of hydrogen-bond acceptors (Lipinski definition) is 5. The van der Waals surface area contributed by atoms with Crippen LogP contribution < -0.4 is 15.8 Å². The second-order valence-electron chi connectivity index (χ2n) is 6.82. The number of amides is 2. The summed E-state index contributed by atoms with van der Waals surface area (Å²) >= 11 is 0. The SMILES string of the molecule is CC.CC(C)(C)OC(=O)NCCCC(=O)NCCc1ccc(S(N)(=O)=O)cc1. The van der Waals surface area contributed by atoms with E-state index in [1.165, 1.54) is 12.1 Å². The third-order valence-corrected chi connectivity index (χ3v) is 4.17. The van der Waals surface area contributed by atoms with E-state index < -0.39 is 21.7 Å². The van der Waals surface area contributed by atoms with Crippen molar-refractivity contribution in [3.8, 4) is 0 Å². The van der Waals surface area contributed by atoms with Crippen molar-refractivity contribution in [1.82, 2.24) is 10.6 Å². The summed E-state index contributed by atoms with van der Waals surface area (Å²) in [5.74, 6) is -0.114. The third kappa shape index (κ3) is 12.3. The molecular weight excluding hydrogens is 382 g/mol. The minimum Gasteiger partial charge on any atom is -0.444 e. The molecule has 1 aromatic carbocycles. The van der Waals surface area contributed by atoms with Gasteiger partial charge in [-0.3, -0.25) is 4.79 Å². The van der Waals surface area contributed by atoms with Crippen LogP contribution >= 0.6 is 0 Å². The van der Waals surface area contributed by atoms with Gasteiger partial charge in [-0.25, -0.2) is 18.4 Å². The first-order valence-corrected chi connectivity index (χ1v) is 10.9. The Labute approximate surface area is 168 Å². The molecule has 0 saturated carbocycles. The Morgan fingerprint density at radius 1 is 1.04 bits per heavy atom. The molecule has 0 saturated heterocycles. The van der Waals surface area contributed by atoms with Crippen molar-refractivity contribution in [2.45, 2.75) is 64.4 Å². The van der Waals surface area contributed by atoms with Crippen LogP contribution in [0.2, 0.25) is 0 Å². The van der Waals surface area contributed by atoms with Crippen LogP contribution in [-0.2, 0) is 26.0 Å². The summed E-state index contributed by atoms with van der Waals surface area (Å²) in [6, 6.07) is 6.21. The molecule has 0 atom stereocenters. The fourth-order valence-corrected chi connectivity index (χ4v) is 2.55. The van der Waals surface area contributed by atoms with Crippen LogP contribution in [0, 0.1) is 0 Å². The number of sulfonamides is 1. The minimum absolute atomic E-state index is 0.0581. The Hall–Kier alpha value is -2.13. The molecule has 0 bridgehead atoms. The molecule has 0 aliphatic heterocycles. The first-order chi connectivity index (χ1) is 13.0. The van der Waals surface area contributed by atoms with E-state index in [-0.39, 0.29) is 10.8 Å². The molecule has 0 unspecified atom stereocenters. The molecule has 2 amide bonds. The second kappa shape index (κ2) is 12.4. The van der Waals surface area contributed by atoms with Crippen LogP contribution in [0.25, 0.3) is 0 Å². The molecule has 0 aliphatic rings. The van der Waals surface area contributed by atoms with Gasteiger partial charge < -0.3 is 15.4 Å². The summed E-state index contributed by atoms with van der Waals surface area (Å²) in [6.45, 7) is 10.1. The lowest BCUT2D eigenvalue weighted by Gasteiger charge is -2.19. The zero-order valence-corrected chi connectivity index (χ0v) is 18.2. The van der Waals surface area contributed by atoms with E-state index in [4.69, 9.17) is 9.88 Å². The molecule has 0 spiro atoms. The number of nitrogens with one attached hydrogen (secondary N) is 2. The van der Waals surface area contributed by atoms with Gasteiger partial charge in [0.1, 0.15) is 5.60 Å². The van der Waals surface area contributed by atoms with Gasteiger partial charge in [0.15, 0.2) is 0 Å². The van der Waals surface area contributed by atoms with E-state index in [0.717, 1.165) is 5.56 Å². The maximum Gasteiger partial charge on any atom is 0.407 e. The van der Waals surface area contributed by atoms with Crippen LogP contribution in [0.3, 0.4) is 0 Å². The molecule has 0 heterocycles. The summed E-state index contributed by atoms with van der Waals surface area (Å²) < 4.78 is 27.4. The summed E-state index contributed by atoms with van der Waals surface area (Å²) in [6.07, 6.45) is 0.877. The highest BCUT2D eigenvalue weighted by Crippen LogP contribution is 2.09. The molecule has 1 aromatic rings. The van der Waals surface area contributed by atoms with Crippen LogP contribution in [0.1, 0.15) is 53.0 Å². The quantitative estimate of drug-likeness (QED) is 0.562. The average Bonchev–Trinajstić information content (AvgIpc) is 2.59. The Balaban J connectivity index is 0.00000352. The highest BCUT2D eigenvalue weighted by molar-refractivity contribution is 7.89. The van der Waals surface area contributed by atoms with Crippen LogP contribution in [0.5, 0.6) is 0 Å². The summed E-state index contributed by atoms with van der Waals surface area (Å²) in [4.78, 5) is 23.2. The van der Waals surface area contributed by atoms with E-state index >= 15 is 0 Å². The Kier molecular flexibility index (Phi) is 11.4. The smallest absolute Gasteiger partial charge is 0.407 e. The molecule has 160 valence electrons. The molecule has 1 rings (SSSR count). The number of alkyl carbamates (subject to hydrolysis) is 1. The van der Waals surface area contributed by atoms with Gasteiger partial charge in [-0.1, -0.05) is 26.0 Å². The first-order valence-electron chi connectivity index (χ1n) is 9.33. The summed E-state index contributed by atoms with van der Waals surface area (Å²) in [5, 5.41) is 10.4. The fraction of sp³-hybridized carbons (Fsp3) is 0.579. The molecule has 0 fully saturated rings. The van der Waals surface area contributed by atoms with Crippen molar-refractivity contribution >= 4 is 22.0 Å². The summed E-state index contributed by atoms with van der Waals surface area (Å²) in [5.41, 5.74) is 0.345. The standard InChI is InChI=1S/C17H27N3O5S.C2H6/c1-17(2,3)25-16(22)20-11-4-5-15(21)19-12-10-13-6-8-14(9-7-13)26(18,23)24;1-2/h6-9H,4-5,10-12H2,1-3H3,(H,19,21)(H,20,22)(H2,18,23,24);1-2H3. The van der Waals surface area contributed by atoms with Gasteiger partial charge in [0.25, 0.3) is 0 Å². The molecular formula is C19H33N3O5S. The van der Waals surface area contributed by atoms with Gasteiger partial charge in [-0.05, 0) is 51.3 Å². The molecule has 8 nitrogen and oxygen atoms in total. The molecule has 0 aromatic heterocycles. The Morgan fingerprint density at radius 2 is 1.61 bits per heavy atom. The van der Waals surface area contributed by atoms with Crippen molar-refractivity contribution in [2.75, 3.05) is 13.1 Å². The lowest BCUT2D eigenvalue weighted by atomic mass is 10.1. The van der Waals surface area contributed by atoms with Gasteiger partial charge in [0.05, 0.1) is 4.90 Å². The third-order valence-electron chi connectivity index (χ3n) is 3.24. The number of rotatable bonds is 8. The topological polar surface area (TPSA) is 128 Å². The first kappa shape index (κ1) is 25.9. The largest absolute Gasteiger partial charge is 0.444 e. The minimum atomic E-state index is -3.69. The van der Waals surface area contributed by atoms with Crippen LogP contribution in [0.15, 0.2) is 29.2 Å². The molecule has 28 heavy (non-hydrogen) atoms. The maximum absolute atomic E-state index is 11.7. The number of hydrogen-bond donors (Lipinski definition) is 3. The van der Waals surface area contributed by atoms with E-state index in [9.17, 15) is 18.0 Å². The number of ether oxygens (including phenoxy) is 1. The number of primary sulfonamides is 1. The van der Waals surface area contributed by atoms with E-state index in [1.807, 2.05) is 13.8 Å².